The first-order chi connectivity index (χ1) is 10.1. The molecule has 1 aliphatic rings. The fourth-order valence-electron chi connectivity index (χ4n) is 2.76. The average Bonchev–Trinajstić information content (AvgIpc) is 2.48. The summed E-state index contributed by atoms with van der Waals surface area (Å²) in [6.45, 7) is 0.556. The summed E-state index contributed by atoms with van der Waals surface area (Å²) in [6.07, 6.45) is 1.10. The SMILES string of the molecule is NC1Cc2ccccc2N(C(=O)Cc2ccccc2Cl)C1. The second-order valence-electron chi connectivity index (χ2n) is 5.37. The lowest BCUT2D eigenvalue weighted by atomic mass is 9.97. The second kappa shape index (κ2) is 5.88. The first-order valence-corrected chi connectivity index (χ1v) is 7.40. The van der Waals surface area contributed by atoms with Crippen molar-refractivity contribution in [1.82, 2.24) is 0 Å². The number of amides is 1. The highest BCUT2D eigenvalue weighted by Gasteiger charge is 2.26. The van der Waals surface area contributed by atoms with E-state index >= 15 is 0 Å². The quantitative estimate of drug-likeness (QED) is 0.927. The van der Waals surface area contributed by atoms with Crippen molar-refractivity contribution in [3.63, 3.8) is 0 Å². The summed E-state index contributed by atoms with van der Waals surface area (Å²) in [7, 11) is 0. The average molecular weight is 301 g/mol. The number of rotatable bonds is 2. The molecule has 0 spiro atoms. The zero-order valence-corrected chi connectivity index (χ0v) is 12.4. The first-order valence-electron chi connectivity index (χ1n) is 7.02. The Morgan fingerprint density at radius 2 is 1.90 bits per heavy atom. The van der Waals surface area contributed by atoms with Gasteiger partial charge >= 0.3 is 0 Å². The number of fused-ring (bicyclic) bond motifs is 1. The van der Waals surface area contributed by atoms with Crippen molar-refractivity contribution >= 4 is 23.2 Å². The number of nitrogens with zero attached hydrogens (tertiary/aromatic N) is 1. The van der Waals surface area contributed by atoms with Crippen LogP contribution in [0.1, 0.15) is 11.1 Å². The van der Waals surface area contributed by atoms with Gasteiger partial charge in [-0.2, -0.15) is 0 Å². The number of hydrogen-bond acceptors (Lipinski definition) is 2. The molecule has 3 rings (SSSR count). The predicted molar refractivity (Wildman–Crippen MR) is 85.6 cm³/mol. The van der Waals surface area contributed by atoms with Crippen molar-refractivity contribution in [2.24, 2.45) is 5.73 Å². The fourth-order valence-corrected chi connectivity index (χ4v) is 2.97. The number of nitrogens with two attached hydrogens (primary N) is 1. The summed E-state index contributed by atoms with van der Waals surface area (Å²) < 4.78 is 0. The van der Waals surface area contributed by atoms with E-state index in [1.807, 2.05) is 42.5 Å². The number of para-hydroxylation sites is 1. The zero-order valence-electron chi connectivity index (χ0n) is 11.6. The lowest BCUT2D eigenvalue weighted by molar-refractivity contribution is -0.118. The van der Waals surface area contributed by atoms with Gasteiger partial charge in [0, 0.05) is 23.3 Å². The molecule has 2 aromatic carbocycles. The molecule has 4 heteroatoms. The van der Waals surface area contributed by atoms with E-state index in [0.29, 0.717) is 18.0 Å². The van der Waals surface area contributed by atoms with Gasteiger partial charge in [0.15, 0.2) is 0 Å². The number of carbonyl (C=O) groups excluding carboxylic acids is 1. The number of carbonyl (C=O) groups is 1. The predicted octanol–water partition coefficient (Wildman–Crippen LogP) is 2.80. The maximum absolute atomic E-state index is 12.6. The van der Waals surface area contributed by atoms with Crippen LogP contribution in [-0.2, 0) is 17.6 Å². The van der Waals surface area contributed by atoms with E-state index in [9.17, 15) is 4.79 Å². The second-order valence-corrected chi connectivity index (χ2v) is 5.77. The molecule has 0 bridgehead atoms. The minimum atomic E-state index is -0.0184. The molecule has 2 N–H and O–H groups in total. The van der Waals surface area contributed by atoms with E-state index in [1.165, 1.54) is 0 Å². The minimum absolute atomic E-state index is 0.0184. The molecule has 0 radical (unpaired) electrons. The molecule has 1 heterocycles. The summed E-state index contributed by atoms with van der Waals surface area (Å²) >= 11 is 6.14. The number of anilines is 1. The van der Waals surface area contributed by atoms with Gasteiger partial charge in [0.1, 0.15) is 0 Å². The standard InChI is InChI=1S/C17H17ClN2O/c18-15-7-3-1-5-12(15)10-17(21)20-11-14(19)9-13-6-2-4-8-16(13)20/h1-8,14H,9-11,19H2. The van der Waals surface area contributed by atoms with Gasteiger partial charge in [0.05, 0.1) is 6.42 Å². The summed E-state index contributed by atoms with van der Waals surface area (Å²) in [6, 6.07) is 15.4. The molecule has 108 valence electrons. The van der Waals surface area contributed by atoms with E-state index in [1.54, 1.807) is 11.0 Å². The molecule has 21 heavy (non-hydrogen) atoms. The van der Waals surface area contributed by atoms with E-state index in [2.05, 4.69) is 0 Å². The summed E-state index contributed by atoms with van der Waals surface area (Å²) in [4.78, 5) is 14.4. The van der Waals surface area contributed by atoms with Crippen molar-refractivity contribution < 1.29 is 4.79 Å². The third kappa shape index (κ3) is 2.94. The Balaban J connectivity index is 1.87. The monoisotopic (exact) mass is 300 g/mol. The number of benzene rings is 2. The van der Waals surface area contributed by atoms with Crippen LogP contribution < -0.4 is 10.6 Å². The molecule has 3 nitrogen and oxygen atoms in total. The summed E-state index contributed by atoms with van der Waals surface area (Å²) in [5, 5.41) is 0.625. The lowest BCUT2D eigenvalue weighted by Gasteiger charge is -2.33. The highest BCUT2D eigenvalue weighted by atomic mass is 35.5. The van der Waals surface area contributed by atoms with Gasteiger partial charge in [-0.05, 0) is 29.7 Å². The van der Waals surface area contributed by atoms with Gasteiger partial charge in [0.25, 0.3) is 0 Å². The maximum atomic E-state index is 12.6. The van der Waals surface area contributed by atoms with Gasteiger partial charge in [0.2, 0.25) is 5.91 Å². The van der Waals surface area contributed by atoms with Crippen LogP contribution in [0.3, 0.4) is 0 Å². The highest BCUT2D eigenvalue weighted by Crippen LogP contribution is 2.27. The van der Waals surface area contributed by atoms with Crippen molar-refractivity contribution in [3.8, 4) is 0 Å². The zero-order chi connectivity index (χ0) is 14.8. The smallest absolute Gasteiger partial charge is 0.231 e. The summed E-state index contributed by atoms with van der Waals surface area (Å²) in [5.74, 6) is 0.0331. The third-order valence-electron chi connectivity index (χ3n) is 3.78. The van der Waals surface area contributed by atoms with Crippen LogP contribution in [0.5, 0.6) is 0 Å². The summed E-state index contributed by atoms with van der Waals surface area (Å²) in [5.41, 5.74) is 9.03. The van der Waals surface area contributed by atoms with Crippen molar-refractivity contribution in [1.29, 1.82) is 0 Å². The molecule has 0 aromatic heterocycles. The van der Waals surface area contributed by atoms with Crippen LogP contribution >= 0.6 is 11.6 Å². The first kappa shape index (κ1) is 14.1. The molecular weight excluding hydrogens is 284 g/mol. The van der Waals surface area contributed by atoms with Gasteiger partial charge in [-0.25, -0.2) is 0 Å². The highest BCUT2D eigenvalue weighted by molar-refractivity contribution is 6.31. The molecule has 0 fully saturated rings. The molecule has 0 saturated carbocycles. The Labute approximate surface area is 129 Å². The van der Waals surface area contributed by atoms with Gasteiger partial charge in [-0.15, -0.1) is 0 Å². The van der Waals surface area contributed by atoms with Crippen LogP contribution in [0.2, 0.25) is 5.02 Å². The van der Waals surface area contributed by atoms with Crippen molar-refractivity contribution in [3.05, 3.63) is 64.7 Å². The Hall–Kier alpha value is -1.84. The van der Waals surface area contributed by atoms with Crippen molar-refractivity contribution in [2.75, 3.05) is 11.4 Å². The van der Waals surface area contributed by atoms with E-state index in [4.69, 9.17) is 17.3 Å². The molecule has 1 unspecified atom stereocenters. The van der Waals surface area contributed by atoms with Gasteiger partial charge in [-0.3, -0.25) is 4.79 Å². The largest absolute Gasteiger partial charge is 0.326 e. The Kier molecular flexibility index (Phi) is 3.95. The van der Waals surface area contributed by atoms with E-state index in [0.717, 1.165) is 23.2 Å². The number of halogens is 1. The molecule has 0 aliphatic carbocycles. The van der Waals surface area contributed by atoms with Crippen LogP contribution in [-0.4, -0.2) is 18.5 Å². The Morgan fingerprint density at radius 3 is 2.71 bits per heavy atom. The van der Waals surface area contributed by atoms with Gasteiger partial charge < -0.3 is 10.6 Å². The minimum Gasteiger partial charge on any atom is -0.326 e. The topological polar surface area (TPSA) is 46.3 Å². The lowest BCUT2D eigenvalue weighted by Crippen LogP contribution is -2.46. The molecular formula is C17H17ClN2O. The Bertz CT molecular complexity index is 671. The van der Waals surface area contributed by atoms with Gasteiger partial charge in [-0.1, -0.05) is 48.0 Å². The van der Waals surface area contributed by atoms with E-state index in [-0.39, 0.29) is 11.9 Å². The molecule has 0 saturated heterocycles. The van der Waals surface area contributed by atoms with E-state index < -0.39 is 0 Å². The molecule has 2 aromatic rings. The molecule has 1 amide bonds. The van der Waals surface area contributed by atoms with Crippen LogP contribution in [0.25, 0.3) is 0 Å². The van der Waals surface area contributed by atoms with Crippen LogP contribution in [0.4, 0.5) is 5.69 Å². The maximum Gasteiger partial charge on any atom is 0.231 e. The van der Waals surface area contributed by atoms with Crippen LogP contribution in [0.15, 0.2) is 48.5 Å². The van der Waals surface area contributed by atoms with Crippen molar-refractivity contribution in [2.45, 2.75) is 18.9 Å². The molecule has 1 aliphatic heterocycles. The molecule has 1 atom stereocenters. The fraction of sp³-hybridized carbons (Fsp3) is 0.235. The third-order valence-corrected chi connectivity index (χ3v) is 4.15. The number of hydrogen-bond donors (Lipinski definition) is 1. The van der Waals surface area contributed by atoms with Crippen LogP contribution in [0, 0.1) is 0 Å². The normalized spacial score (nSPS) is 17.4. The Morgan fingerprint density at radius 1 is 1.19 bits per heavy atom.